The number of hydrogen-bond donors (Lipinski definition) is 0. The molecule has 1 aromatic heterocycles. The molecule has 0 fully saturated rings. The van der Waals surface area contributed by atoms with E-state index >= 15 is 0 Å². The lowest BCUT2D eigenvalue weighted by atomic mass is 9.93. The van der Waals surface area contributed by atoms with Crippen molar-refractivity contribution in [2.45, 2.75) is 66.8 Å². The standard InChI is InChI=1S/C18H28N4S/c1-12(2)14-9-8-10-15(13(3)4)16(14)22-17(23)21(19-20-22)11-18(5,6)7/h8-10,12-13H,11H2,1-7H3. The Balaban J connectivity index is 2.65. The lowest BCUT2D eigenvalue weighted by molar-refractivity contribution is 0.319. The van der Waals surface area contributed by atoms with E-state index in [-0.39, 0.29) is 5.41 Å². The van der Waals surface area contributed by atoms with E-state index in [0.717, 1.165) is 12.2 Å². The monoisotopic (exact) mass is 332 g/mol. The summed E-state index contributed by atoms with van der Waals surface area (Å²) in [6, 6.07) is 6.45. The van der Waals surface area contributed by atoms with Gasteiger partial charge in [0.15, 0.2) is 0 Å². The second-order valence-electron chi connectivity index (χ2n) is 7.99. The Hall–Kier alpha value is -1.49. The molecule has 126 valence electrons. The summed E-state index contributed by atoms with van der Waals surface area (Å²) >= 11 is 5.67. The lowest BCUT2D eigenvalue weighted by Crippen LogP contribution is -2.17. The van der Waals surface area contributed by atoms with Gasteiger partial charge in [-0.25, -0.2) is 4.68 Å². The highest BCUT2D eigenvalue weighted by Gasteiger charge is 2.20. The molecule has 0 saturated carbocycles. The van der Waals surface area contributed by atoms with Gasteiger partial charge in [-0.1, -0.05) is 66.7 Å². The molecule has 4 nitrogen and oxygen atoms in total. The van der Waals surface area contributed by atoms with E-state index in [1.165, 1.54) is 11.1 Å². The first-order valence-corrected chi connectivity index (χ1v) is 8.68. The fourth-order valence-corrected chi connectivity index (χ4v) is 2.95. The van der Waals surface area contributed by atoms with Crippen LogP contribution in [0.1, 0.15) is 71.4 Å². The Labute approximate surface area is 144 Å². The van der Waals surface area contributed by atoms with Crippen molar-refractivity contribution >= 4 is 12.2 Å². The fraction of sp³-hybridized carbons (Fsp3) is 0.611. The Morgan fingerprint density at radius 3 is 1.96 bits per heavy atom. The zero-order valence-electron chi connectivity index (χ0n) is 15.3. The van der Waals surface area contributed by atoms with Crippen molar-refractivity contribution in [2.24, 2.45) is 5.41 Å². The Kier molecular flexibility index (Phi) is 5.09. The van der Waals surface area contributed by atoms with Crippen LogP contribution in [0, 0.1) is 10.2 Å². The molecule has 0 spiro atoms. The van der Waals surface area contributed by atoms with Crippen LogP contribution in [0.3, 0.4) is 0 Å². The molecule has 1 aromatic carbocycles. The second kappa shape index (κ2) is 6.56. The van der Waals surface area contributed by atoms with Gasteiger partial charge < -0.3 is 0 Å². The summed E-state index contributed by atoms with van der Waals surface area (Å²) in [4.78, 5) is 0. The zero-order valence-corrected chi connectivity index (χ0v) is 16.1. The third-order valence-electron chi connectivity index (χ3n) is 3.82. The van der Waals surface area contributed by atoms with Gasteiger partial charge in [-0.2, -0.15) is 4.68 Å². The molecule has 0 unspecified atom stereocenters. The number of nitrogens with zero attached hydrogens (tertiary/aromatic N) is 4. The van der Waals surface area contributed by atoms with Gasteiger partial charge in [-0.3, -0.25) is 0 Å². The molecule has 0 aliphatic rings. The highest BCUT2D eigenvalue weighted by molar-refractivity contribution is 7.71. The van der Waals surface area contributed by atoms with Crippen molar-refractivity contribution in [3.05, 3.63) is 34.1 Å². The molecule has 0 aliphatic carbocycles. The number of tetrazole rings is 1. The molecule has 2 rings (SSSR count). The molecule has 0 bridgehead atoms. The van der Waals surface area contributed by atoms with Crippen molar-refractivity contribution in [3.63, 3.8) is 0 Å². The fourth-order valence-electron chi connectivity index (χ4n) is 2.72. The topological polar surface area (TPSA) is 35.6 Å². The minimum absolute atomic E-state index is 0.109. The van der Waals surface area contributed by atoms with Crippen LogP contribution in [0.5, 0.6) is 0 Å². The smallest absolute Gasteiger partial charge is 0.218 e. The molecular formula is C18H28N4S. The third kappa shape index (κ3) is 3.89. The van der Waals surface area contributed by atoms with Crippen LogP contribution in [0.25, 0.3) is 5.69 Å². The normalized spacial score (nSPS) is 12.4. The molecular weight excluding hydrogens is 304 g/mol. The van der Waals surface area contributed by atoms with Crippen molar-refractivity contribution in [1.29, 1.82) is 0 Å². The predicted octanol–water partition coefficient (Wildman–Crippen LogP) is 5.09. The van der Waals surface area contributed by atoms with E-state index in [1.807, 2.05) is 9.36 Å². The van der Waals surface area contributed by atoms with Gasteiger partial charge in [-0.05, 0) is 51.0 Å². The third-order valence-corrected chi connectivity index (χ3v) is 4.20. The molecule has 0 aliphatic heterocycles. The number of para-hydroxylation sites is 1. The van der Waals surface area contributed by atoms with E-state index in [9.17, 15) is 0 Å². The van der Waals surface area contributed by atoms with Crippen LogP contribution in [0.4, 0.5) is 0 Å². The predicted molar refractivity (Wildman–Crippen MR) is 97.8 cm³/mol. The lowest BCUT2D eigenvalue weighted by Gasteiger charge is -2.19. The molecule has 1 heterocycles. The van der Waals surface area contributed by atoms with Gasteiger partial charge in [-0.15, -0.1) is 0 Å². The van der Waals surface area contributed by atoms with Crippen molar-refractivity contribution in [1.82, 2.24) is 19.8 Å². The summed E-state index contributed by atoms with van der Waals surface area (Å²) in [7, 11) is 0. The summed E-state index contributed by atoms with van der Waals surface area (Å²) in [5.41, 5.74) is 3.73. The summed E-state index contributed by atoms with van der Waals surface area (Å²) < 4.78 is 4.33. The Morgan fingerprint density at radius 2 is 1.52 bits per heavy atom. The maximum atomic E-state index is 5.67. The number of rotatable bonds is 4. The van der Waals surface area contributed by atoms with Crippen LogP contribution < -0.4 is 0 Å². The molecule has 0 N–H and O–H groups in total. The minimum atomic E-state index is 0.109. The molecule has 0 saturated heterocycles. The van der Waals surface area contributed by atoms with E-state index in [0.29, 0.717) is 16.6 Å². The van der Waals surface area contributed by atoms with Gasteiger partial charge in [0.05, 0.1) is 12.2 Å². The minimum Gasteiger partial charge on any atom is -0.218 e. The quantitative estimate of drug-likeness (QED) is 0.731. The van der Waals surface area contributed by atoms with E-state index in [2.05, 4.69) is 77.1 Å². The maximum Gasteiger partial charge on any atom is 0.220 e. The zero-order chi connectivity index (χ0) is 17.4. The number of hydrogen-bond acceptors (Lipinski definition) is 3. The molecule has 0 radical (unpaired) electrons. The van der Waals surface area contributed by atoms with Crippen molar-refractivity contribution in [3.8, 4) is 5.69 Å². The average Bonchev–Trinajstić information content (AvgIpc) is 2.77. The first-order chi connectivity index (χ1) is 10.6. The SMILES string of the molecule is CC(C)c1cccc(C(C)C)c1-n1nnn(CC(C)(C)C)c1=S. The van der Waals surface area contributed by atoms with Crippen LogP contribution in [0.2, 0.25) is 0 Å². The van der Waals surface area contributed by atoms with Gasteiger partial charge in [0.1, 0.15) is 0 Å². The Bertz CT molecular complexity index is 706. The summed E-state index contributed by atoms with van der Waals surface area (Å²) in [5, 5.41) is 8.69. The van der Waals surface area contributed by atoms with E-state index < -0.39 is 0 Å². The number of aromatic nitrogens is 4. The maximum absolute atomic E-state index is 5.67. The summed E-state index contributed by atoms with van der Waals surface area (Å²) in [6.07, 6.45) is 0. The van der Waals surface area contributed by atoms with Crippen molar-refractivity contribution < 1.29 is 0 Å². The average molecular weight is 333 g/mol. The molecule has 0 amide bonds. The first kappa shape index (κ1) is 17.9. The number of benzene rings is 1. The summed E-state index contributed by atoms with van der Waals surface area (Å²) in [6.45, 7) is 16.1. The highest BCUT2D eigenvalue weighted by Crippen LogP contribution is 2.30. The van der Waals surface area contributed by atoms with E-state index in [1.54, 1.807) is 0 Å². The molecule has 2 aromatic rings. The summed E-state index contributed by atoms with van der Waals surface area (Å²) in [5.74, 6) is 0.803. The van der Waals surface area contributed by atoms with Gasteiger partial charge in [0, 0.05) is 0 Å². The van der Waals surface area contributed by atoms with Crippen LogP contribution in [-0.2, 0) is 6.54 Å². The highest BCUT2D eigenvalue weighted by atomic mass is 32.1. The van der Waals surface area contributed by atoms with Gasteiger partial charge in [0.2, 0.25) is 4.77 Å². The van der Waals surface area contributed by atoms with Crippen LogP contribution in [0.15, 0.2) is 18.2 Å². The molecule has 23 heavy (non-hydrogen) atoms. The largest absolute Gasteiger partial charge is 0.220 e. The van der Waals surface area contributed by atoms with Crippen LogP contribution in [-0.4, -0.2) is 19.8 Å². The second-order valence-corrected chi connectivity index (χ2v) is 8.35. The molecule has 5 heteroatoms. The molecule has 0 atom stereocenters. The van der Waals surface area contributed by atoms with Crippen LogP contribution >= 0.6 is 12.2 Å². The van der Waals surface area contributed by atoms with Crippen molar-refractivity contribution in [2.75, 3.05) is 0 Å². The van der Waals surface area contributed by atoms with Gasteiger partial charge >= 0.3 is 0 Å². The Morgan fingerprint density at radius 1 is 1.00 bits per heavy atom. The van der Waals surface area contributed by atoms with E-state index in [4.69, 9.17) is 12.2 Å². The first-order valence-electron chi connectivity index (χ1n) is 8.28. The van der Waals surface area contributed by atoms with Gasteiger partial charge in [0.25, 0.3) is 0 Å².